The molecule has 0 saturated carbocycles. The number of hydrogen-bond acceptors (Lipinski definition) is 3. The minimum absolute atomic E-state index is 0.0129. The first kappa shape index (κ1) is 14.8. The molecular weight excluding hydrogens is 288 g/mol. The van der Waals surface area contributed by atoms with Crippen molar-refractivity contribution < 1.29 is 23.6 Å². The van der Waals surface area contributed by atoms with Gasteiger partial charge in [-0.25, -0.2) is 8.78 Å². The molecule has 0 saturated heterocycles. The van der Waals surface area contributed by atoms with Crippen molar-refractivity contribution in [2.45, 2.75) is 6.61 Å². The third-order valence-electron chi connectivity index (χ3n) is 2.67. The average Bonchev–Trinajstić information content (AvgIpc) is 2.40. The third kappa shape index (κ3) is 3.28. The zero-order valence-electron chi connectivity index (χ0n) is 10.2. The van der Waals surface area contributed by atoms with Crippen LogP contribution >= 0.6 is 11.6 Å². The maximum atomic E-state index is 13.2. The summed E-state index contributed by atoms with van der Waals surface area (Å²) in [4.78, 5) is 0. The quantitative estimate of drug-likeness (QED) is 0.847. The number of ether oxygens (including phenoxy) is 1. The van der Waals surface area contributed by atoms with E-state index in [-0.39, 0.29) is 22.8 Å². The lowest BCUT2D eigenvalue weighted by Crippen LogP contribution is -2.31. The molecule has 2 aromatic rings. The molecule has 0 aromatic heterocycles. The molecule has 0 aliphatic carbocycles. The number of hydrogen-bond donors (Lipinski definition) is 2. The van der Waals surface area contributed by atoms with Crippen LogP contribution in [0.1, 0.15) is 5.56 Å². The van der Waals surface area contributed by atoms with Gasteiger partial charge in [0, 0.05) is 17.1 Å². The monoisotopic (exact) mass is 298 g/mol. The first-order valence-electron chi connectivity index (χ1n) is 5.70. The Morgan fingerprint density at radius 2 is 1.90 bits per heavy atom. The molecule has 0 spiro atoms. The van der Waals surface area contributed by atoms with Crippen LogP contribution in [0.4, 0.5) is 8.78 Å². The summed E-state index contributed by atoms with van der Waals surface area (Å²) in [6.07, 6.45) is 0. The third-order valence-corrected chi connectivity index (χ3v) is 3.09. The maximum Gasteiger partial charge on any atom is 0.492 e. The summed E-state index contributed by atoms with van der Waals surface area (Å²) in [5.74, 6) is -1.22. The molecular formula is C13H10BClF2O3. The van der Waals surface area contributed by atoms with Crippen LogP contribution < -0.4 is 10.2 Å². The molecule has 3 nitrogen and oxygen atoms in total. The molecule has 0 heterocycles. The SMILES string of the molecule is OB(O)c1ccc(F)cc1OCc1cccc(F)c1Cl. The summed E-state index contributed by atoms with van der Waals surface area (Å²) in [7, 11) is -1.80. The average molecular weight is 298 g/mol. The lowest BCUT2D eigenvalue weighted by atomic mass is 9.79. The van der Waals surface area contributed by atoms with Gasteiger partial charge in [-0.2, -0.15) is 0 Å². The Balaban J connectivity index is 2.22. The molecule has 0 bridgehead atoms. The number of benzene rings is 2. The first-order valence-corrected chi connectivity index (χ1v) is 6.08. The van der Waals surface area contributed by atoms with Gasteiger partial charge in [-0.05, 0) is 12.1 Å². The highest BCUT2D eigenvalue weighted by Crippen LogP contribution is 2.21. The molecule has 2 N–H and O–H groups in total. The van der Waals surface area contributed by atoms with E-state index in [1.807, 2.05) is 0 Å². The van der Waals surface area contributed by atoms with Crippen LogP contribution in [-0.2, 0) is 6.61 Å². The van der Waals surface area contributed by atoms with Gasteiger partial charge < -0.3 is 14.8 Å². The van der Waals surface area contributed by atoms with Crippen molar-refractivity contribution in [1.29, 1.82) is 0 Å². The molecule has 0 unspecified atom stereocenters. The van der Waals surface area contributed by atoms with E-state index in [9.17, 15) is 8.78 Å². The summed E-state index contributed by atoms with van der Waals surface area (Å²) in [5.41, 5.74) is 0.383. The Bertz CT molecular complexity index is 623. The summed E-state index contributed by atoms with van der Waals surface area (Å²) in [6, 6.07) is 7.52. The Kier molecular flexibility index (Phi) is 4.59. The second-order valence-corrected chi connectivity index (χ2v) is 4.44. The second kappa shape index (κ2) is 6.22. The van der Waals surface area contributed by atoms with Crippen LogP contribution in [0, 0.1) is 11.6 Å². The van der Waals surface area contributed by atoms with Crippen molar-refractivity contribution in [3.8, 4) is 5.75 Å². The van der Waals surface area contributed by atoms with Crippen molar-refractivity contribution >= 4 is 24.2 Å². The summed E-state index contributed by atoms with van der Waals surface area (Å²) in [6.45, 7) is -0.125. The Morgan fingerprint density at radius 1 is 1.15 bits per heavy atom. The van der Waals surface area contributed by atoms with Crippen LogP contribution in [0.2, 0.25) is 5.02 Å². The predicted molar refractivity (Wildman–Crippen MR) is 72.0 cm³/mol. The van der Waals surface area contributed by atoms with Gasteiger partial charge in [0.05, 0.1) is 5.02 Å². The number of rotatable bonds is 4. The van der Waals surface area contributed by atoms with Gasteiger partial charge in [-0.15, -0.1) is 0 Å². The van der Waals surface area contributed by atoms with Crippen molar-refractivity contribution in [1.82, 2.24) is 0 Å². The van der Waals surface area contributed by atoms with E-state index >= 15 is 0 Å². The number of halogens is 3. The zero-order chi connectivity index (χ0) is 14.7. The van der Waals surface area contributed by atoms with Gasteiger partial charge in [0.15, 0.2) is 0 Å². The second-order valence-electron chi connectivity index (χ2n) is 4.06. The molecule has 0 aliphatic heterocycles. The summed E-state index contributed by atoms with van der Waals surface area (Å²) >= 11 is 5.77. The van der Waals surface area contributed by atoms with E-state index in [0.717, 1.165) is 12.1 Å². The molecule has 2 aromatic carbocycles. The van der Waals surface area contributed by atoms with E-state index in [0.29, 0.717) is 5.56 Å². The fourth-order valence-electron chi connectivity index (χ4n) is 1.66. The minimum Gasteiger partial charge on any atom is -0.489 e. The fraction of sp³-hybridized carbons (Fsp3) is 0.0769. The van der Waals surface area contributed by atoms with Crippen LogP contribution in [0.25, 0.3) is 0 Å². The van der Waals surface area contributed by atoms with E-state index < -0.39 is 18.8 Å². The van der Waals surface area contributed by atoms with Crippen molar-refractivity contribution in [3.05, 3.63) is 58.6 Å². The first-order chi connectivity index (χ1) is 9.49. The lowest BCUT2D eigenvalue weighted by molar-refractivity contribution is 0.304. The van der Waals surface area contributed by atoms with Gasteiger partial charge in [0.25, 0.3) is 0 Å². The van der Waals surface area contributed by atoms with Crippen molar-refractivity contribution in [3.63, 3.8) is 0 Å². The molecule has 0 atom stereocenters. The van der Waals surface area contributed by atoms with E-state index in [1.165, 1.54) is 18.2 Å². The van der Waals surface area contributed by atoms with Crippen LogP contribution in [-0.4, -0.2) is 17.2 Å². The molecule has 7 heteroatoms. The minimum atomic E-state index is -1.80. The van der Waals surface area contributed by atoms with Crippen molar-refractivity contribution in [2.24, 2.45) is 0 Å². The smallest absolute Gasteiger partial charge is 0.489 e. The fourth-order valence-corrected chi connectivity index (χ4v) is 1.84. The topological polar surface area (TPSA) is 49.7 Å². The lowest BCUT2D eigenvalue weighted by Gasteiger charge is -2.12. The molecule has 0 fully saturated rings. The van der Waals surface area contributed by atoms with Crippen LogP contribution in [0.3, 0.4) is 0 Å². The highest BCUT2D eigenvalue weighted by atomic mass is 35.5. The Hall–Kier alpha value is -1.63. The van der Waals surface area contributed by atoms with Crippen molar-refractivity contribution in [2.75, 3.05) is 0 Å². The molecule has 0 aliphatic rings. The predicted octanol–water partition coefficient (Wildman–Crippen LogP) is 1.88. The van der Waals surface area contributed by atoms with Gasteiger partial charge >= 0.3 is 7.12 Å². The van der Waals surface area contributed by atoms with E-state index in [4.69, 9.17) is 26.4 Å². The highest BCUT2D eigenvalue weighted by Gasteiger charge is 2.18. The van der Waals surface area contributed by atoms with Gasteiger partial charge in [-0.1, -0.05) is 29.8 Å². The molecule has 2 rings (SSSR count). The van der Waals surface area contributed by atoms with Crippen LogP contribution in [0.15, 0.2) is 36.4 Å². The Labute approximate surface area is 119 Å². The zero-order valence-corrected chi connectivity index (χ0v) is 10.9. The summed E-state index contributed by atoms with van der Waals surface area (Å²) in [5, 5.41) is 18.2. The maximum absolute atomic E-state index is 13.2. The molecule has 104 valence electrons. The van der Waals surface area contributed by atoms with Gasteiger partial charge in [-0.3, -0.25) is 0 Å². The Morgan fingerprint density at radius 3 is 2.60 bits per heavy atom. The molecule has 0 amide bonds. The van der Waals surface area contributed by atoms with Gasteiger partial charge in [0.2, 0.25) is 0 Å². The van der Waals surface area contributed by atoms with Gasteiger partial charge in [0.1, 0.15) is 24.0 Å². The molecule has 0 radical (unpaired) electrons. The van der Waals surface area contributed by atoms with E-state index in [1.54, 1.807) is 6.07 Å². The highest BCUT2D eigenvalue weighted by molar-refractivity contribution is 6.59. The van der Waals surface area contributed by atoms with Crippen LogP contribution in [0.5, 0.6) is 5.75 Å². The van der Waals surface area contributed by atoms with E-state index in [2.05, 4.69) is 0 Å². The standard InChI is InChI=1S/C13H10BClF2O3/c15-13-8(2-1-3-11(13)17)7-20-12-6-9(16)4-5-10(12)14(18)19/h1-6,18-19H,7H2. The largest absolute Gasteiger partial charge is 0.492 e. The molecule has 20 heavy (non-hydrogen) atoms. The summed E-state index contributed by atoms with van der Waals surface area (Å²) < 4.78 is 31.7. The normalized spacial score (nSPS) is 10.4.